The molecule has 0 aromatic carbocycles. The maximum absolute atomic E-state index is 4.28. The van der Waals surface area contributed by atoms with Crippen LogP contribution in [0.25, 0.3) is 0 Å². The summed E-state index contributed by atoms with van der Waals surface area (Å²) in [6, 6.07) is 0. The Balaban J connectivity index is 2.36. The fourth-order valence-electron chi connectivity index (χ4n) is 1.25. The Morgan fingerprint density at radius 2 is 1.33 bits per heavy atom. The fraction of sp³-hybridized carbons (Fsp3) is 0.727. The summed E-state index contributed by atoms with van der Waals surface area (Å²) in [7, 11) is 8.12. The van der Waals surface area contributed by atoms with Gasteiger partial charge in [-0.3, -0.25) is 0 Å². The van der Waals surface area contributed by atoms with E-state index >= 15 is 0 Å². The van der Waals surface area contributed by atoms with Gasteiger partial charge in [0.25, 0.3) is 0 Å². The van der Waals surface area contributed by atoms with Crippen molar-refractivity contribution in [1.82, 2.24) is 24.8 Å². The summed E-state index contributed by atoms with van der Waals surface area (Å²) >= 11 is 0. The van der Waals surface area contributed by atoms with Crippen LogP contribution in [0, 0.1) is 0 Å². The van der Waals surface area contributed by atoms with Crippen molar-refractivity contribution in [2.45, 2.75) is 0 Å². The minimum Gasteiger partial charge on any atom is -0.353 e. The summed E-state index contributed by atoms with van der Waals surface area (Å²) < 4.78 is 0. The Bertz CT molecular complexity index is 311. The van der Waals surface area contributed by atoms with E-state index in [1.807, 2.05) is 28.2 Å². The van der Waals surface area contributed by atoms with E-state index in [9.17, 15) is 0 Å². The zero-order chi connectivity index (χ0) is 13.4. The van der Waals surface area contributed by atoms with E-state index in [1.165, 1.54) is 6.33 Å². The molecule has 0 saturated carbocycles. The van der Waals surface area contributed by atoms with Crippen molar-refractivity contribution in [2.24, 2.45) is 0 Å². The number of nitrogens with zero attached hydrogens (tertiary/aromatic N) is 5. The first kappa shape index (κ1) is 14.6. The second kappa shape index (κ2) is 7.78. The molecule has 1 rings (SSSR count). The number of aromatic nitrogens is 3. The van der Waals surface area contributed by atoms with Crippen LogP contribution in [0.3, 0.4) is 0 Å². The van der Waals surface area contributed by atoms with Crippen molar-refractivity contribution in [3.8, 4) is 0 Å². The minimum atomic E-state index is 0.610. The molecular formula is C11H23N7. The number of anilines is 2. The molecule has 1 aromatic heterocycles. The third-order valence-corrected chi connectivity index (χ3v) is 2.26. The number of hydrogen-bond acceptors (Lipinski definition) is 7. The largest absolute Gasteiger partial charge is 0.353 e. The van der Waals surface area contributed by atoms with Crippen molar-refractivity contribution in [3.63, 3.8) is 0 Å². The smallest absolute Gasteiger partial charge is 0.227 e. The zero-order valence-electron chi connectivity index (χ0n) is 11.6. The third-order valence-electron chi connectivity index (χ3n) is 2.26. The Labute approximate surface area is 109 Å². The van der Waals surface area contributed by atoms with Crippen molar-refractivity contribution in [3.05, 3.63) is 6.33 Å². The van der Waals surface area contributed by atoms with Gasteiger partial charge in [0, 0.05) is 26.2 Å². The quantitative estimate of drug-likeness (QED) is 0.666. The Hall–Kier alpha value is -1.47. The molecule has 18 heavy (non-hydrogen) atoms. The maximum Gasteiger partial charge on any atom is 0.227 e. The number of hydrogen-bond donors (Lipinski definition) is 2. The topological polar surface area (TPSA) is 69.2 Å². The number of likely N-dealkylation sites (N-methyl/N-ethyl adjacent to an activating group) is 2. The van der Waals surface area contributed by atoms with Gasteiger partial charge in [-0.2, -0.15) is 4.98 Å². The highest BCUT2D eigenvalue weighted by molar-refractivity contribution is 5.32. The molecule has 7 nitrogen and oxygen atoms in total. The molecule has 7 heteroatoms. The molecule has 0 unspecified atom stereocenters. The second-order valence-corrected chi connectivity index (χ2v) is 4.59. The summed E-state index contributed by atoms with van der Waals surface area (Å²) in [6.45, 7) is 3.51. The molecule has 0 atom stereocenters. The lowest BCUT2D eigenvalue weighted by molar-refractivity contribution is 0.424. The summed E-state index contributed by atoms with van der Waals surface area (Å²) in [5.41, 5.74) is 0. The molecule has 0 amide bonds. The van der Waals surface area contributed by atoms with Gasteiger partial charge in [0.05, 0.1) is 0 Å². The average Bonchev–Trinajstić information content (AvgIpc) is 2.28. The number of rotatable bonds is 8. The summed E-state index contributed by atoms with van der Waals surface area (Å²) in [4.78, 5) is 16.6. The first-order valence-corrected chi connectivity index (χ1v) is 6.04. The van der Waals surface area contributed by atoms with E-state index in [2.05, 4.69) is 35.4 Å². The molecule has 0 bridgehead atoms. The van der Waals surface area contributed by atoms with E-state index in [0.29, 0.717) is 11.9 Å². The van der Waals surface area contributed by atoms with Gasteiger partial charge in [0.2, 0.25) is 11.9 Å². The van der Waals surface area contributed by atoms with E-state index in [4.69, 9.17) is 0 Å². The van der Waals surface area contributed by atoms with Crippen molar-refractivity contribution in [2.75, 3.05) is 65.0 Å². The van der Waals surface area contributed by atoms with Crippen molar-refractivity contribution in [1.29, 1.82) is 0 Å². The average molecular weight is 253 g/mol. The molecule has 0 fully saturated rings. The standard InChI is InChI=1S/C11H23N7/c1-17(2)7-5-12-10-14-9-15-11(16-10)13-6-8-18(3)4/h9H,5-8H2,1-4H3,(H2,12,13,14,15,16). The van der Waals surface area contributed by atoms with Crippen LogP contribution in [0.1, 0.15) is 0 Å². The molecule has 0 aliphatic rings. The van der Waals surface area contributed by atoms with Gasteiger partial charge in [-0.25, -0.2) is 9.97 Å². The van der Waals surface area contributed by atoms with Crippen LogP contribution in [-0.4, -0.2) is 79.1 Å². The summed E-state index contributed by atoms with van der Waals surface area (Å²) in [5.74, 6) is 1.22. The lowest BCUT2D eigenvalue weighted by Gasteiger charge is -2.12. The lowest BCUT2D eigenvalue weighted by atomic mass is 10.5. The van der Waals surface area contributed by atoms with Gasteiger partial charge in [-0.05, 0) is 28.2 Å². The highest BCUT2D eigenvalue weighted by Gasteiger charge is 2.00. The normalized spacial score (nSPS) is 11.0. The van der Waals surface area contributed by atoms with Crippen LogP contribution in [-0.2, 0) is 0 Å². The zero-order valence-corrected chi connectivity index (χ0v) is 11.6. The van der Waals surface area contributed by atoms with Crippen LogP contribution >= 0.6 is 0 Å². The Morgan fingerprint density at radius 3 is 1.72 bits per heavy atom. The van der Waals surface area contributed by atoms with E-state index < -0.39 is 0 Å². The summed E-state index contributed by atoms with van der Waals surface area (Å²) in [6.07, 6.45) is 1.52. The molecule has 102 valence electrons. The lowest BCUT2D eigenvalue weighted by Crippen LogP contribution is -2.23. The minimum absolute atomic E-state index is 0.610. The highest BCUT2D eigenvalue weighted by atomic mass is 15.2. The van der Waals surface area contributed by atoms with Gasteiger partial charge >= 0.3 is 0 Å². The van der Waals surface area contributed by atoms with Crippen LogP contribution < -0.4 is 10.6 Å². The predicted octanol–water partition coefficient (Wildman–Crippen LogP) is -0.181. The van der Waals surface area contributed by atoms with E-state index in [0.717, 1.165) is 26.2 Å². The van der Waals surface area contributed by atoms with Crippen LogP contribution in [0.15, 0.2) is 6.33 Å². The predicted molar refractivity (Wildman–Crippen MR) is 73.9 cm³/mol. The molecule has 2 N–H and O–H groups in total. The highest BCUT2D eigenvalue weighted by Crippen LogP contribution is 2.00. The van der Waals surface area contributed by atoms with Gasteiger partial charge < -0.3 is 20.4 Å². The number of nitrogens with one attached hydrogen (secondary N) is 2. The summed E-state index contributed by atoms with van der Waals surface area (Å²) in [5, 5.41) is 6.32. The second-order valence-electron chi connectivity index (χ2n) is 4.59. The molecule has 0 radical (unpaired) electrons. The van der Waals surface area contributed by atoms with Gasteiger partial charge in [0.1, 0.15) is 6.33 Å². The van der Waals surface area contributed by atoms with Crippen LogP contribution in [0.4, 0.5) is 11.9 Å². The van der Waals surface area contributed by atoms with Crippen molar-refractivity contribution >= 4 is 11.9 Å². The van der Waals surface area contributed by atoms with Crippen LogP contribution in [0.5, 0.6) is 0 Å². The Morgan fingerprint density at radius 1 is 0.889 bits per heavy atom. The molecule has 0 spiro atoms. The molecule has 1 aromatic rings. The SMILES string of the molecule is CN(C)CCNc1ncnc(NCCN(C)C)n1. The molecule has 0 saturated heterocycles. The Kier molecular flexibility index (Phi) is 6.31. The first-order chi connectivity index (χ1) is 8.58. The molecule has 1 heterocycles. The molecule has 0 aliphatic heterocycles. The maximum atomic E-state index is 4.28. The van der Waals surface area contributed by atoms with Crippen LogP contribution in [0.2, 0.25) is 0 Å². The molecular weight excluding hydrogens is 230 g/mol. The van der Waals surface area contributed by atoms with E-state index in [-0.39, 0.29) is 0 Å². The van der Waals surface area contributed by atoms with Gasteiger partial charge in [-0.15, -0.1) is 0 Å². The molecule has 0 aliphatic carbocycles. The van der Waals surface area contributed by atoms with Gasteiger partial charge in [0.15, 0.2) is 0 Å². The fourth-order valence-corrected chi connectivity index (χ4v) is 1.25. The van der Waals surface area contributed by atoms with Gasteiger partial charge in [-0.1, -0.05) is 0 Å². The first-order valence-electron chi connectivity index (χ1n) is 6.04. The van der Waals surface area contributed by atoms with E-state index in [1.54, 1.807) is 0 Å². The third kappa shape index (κ3) is 6.31. The monoisotopic (exact) mass is 253 g/mol. The van der Waals surface area contributed by atoms with Crippen molar-refractivity contribution < 1.29 is 0 Å².